The van der Waals surface area contributed by atoms with E-state index in [1.165, 1.54) is 70.6 Å². The molecule has 0 bridgehead atoms. The quantitative estimate of drug-likeness (QED) is 0.0272. The van der Waals surface area contributed by atoms with E-state index in [1.807, 2.05) is 21.1 Å². The summed E-state index contributed by atoms with van der Waals surface area (Å²) in [5, 5.41) is 13.8. The molecule has 0 aromatic rings. The maximum atomic E-state index is 12.9. The molecule has 0 saturated heterocycles. The van der Waals surface area contributed by atoms with Crippen LogP contribution < -0.4 is 10.2 Å². The van der Waals surface area contributed by atoms with Gasteiger partial charge in [0, 0.05) is 6.42 Å². The number of hydrogen-bond donors (Lipinski definition) is 2. The molecule has 0 aliphatic carbocycles. The number of nitrogens with one attached hydrogen (secondary N) is 1. The molecule has 2 N–H and O–H groups in total. The van der Waals surface area contributed by atoms with Gasteiger partial charge in [0.25, 0.3) is 7.82 Å². The van der Waals surface area contributed by atoms with Crippen LogP contribution in [0.2, 0.25) is 0 Å². The number of rotatable bonds is 47. The number of nitrogens with zero attached hydrogens (tertiary/aromatic N) is 1. The highest BCUT2D eigenvalue weighted by molar-refractivity contribution is 7.45. The van der Waals surface area contributed by atoms with Crippen LogP contribution in [0.25, 0.3) is 0 Å². The highest BCUT2D eigenvalue weighted by Crippen LogP contribution is 2.38. The number of aliphatic hydroxyl groups excluding tert-OH is 1. The van der Waals surface area contributed by atoms with Gasteiger partial charge < -0.3 is 28.8 Å². The highest BCUT2D eigenvalue weighted by Gasteiger charge is 2.24. The number of unbranched alkanes of at least 4 members (excludes halogenated alkanes) is 16. The highest BCUT2D eigenvalue weighted by atomic mass is 31.2. The molecule has 0 heterocycles. The van der Waals surface area contributed by atoms with E-state index in [2.05, 4.69) is 129 Å². The third kappa shape index (κ3) is 50.9. The first-order valence-electron chi connectivity index (χ1n) is 26.7. The van der Waals surface area contributed by atoms with E-state index in [0.29, 0.717) is 23.9 Å². The van der Waals surface area contributed by atoms with E-state index in [-0.39, 0.29) is 19.1 Å². The number of quaternary nitrogens is 1. The van der Waals surface area contributed by atoms with E-state index in [4.69, 9.17) is 9.05 Å². The molecule has 1 amide bonds. The Labute approximate surface area is 412 Å². The Morgan fingerprint density at radius 1 is 0.537 bits per heavy atom. The topological polar surface area (TPSA) is 108 Å². The average molecular weight is 953 g/mol. The molecule has 0 saturated carbocycles. The smallest absolute Gasteiger partial charge is 0.268 e. The Hall–Kier alpha value is -2.84. The van der Waals surface area contributed by atoms with E-state index < -0.39 is 20.0 Å². The second-order valence-electron chi connectivity index (χ2n) is 18.9. The molecule has 9 heteroatoms. The minimum Gasteiger partial charge on any atom is -0.756 e. The Kier molecular flexibility index (Phi) is 46.2. The lowest BCUT2D eigenvalue weighted by Gasteiger charge is -2.30. The number of hydrogen-bond acceptors (Lipinski definition) is 6. The molecule has 8 nitrogen and oxygen atoms in total. The molecule has 0 aromatic heterocycles. The maximum absolute atomic E-state index is 12.9. The zero-order valence-electron chi connectivity index (χ0n) is 43.6. The summed E-state index contributed by atoms with van der Waals surface area (Å²) >= 11 is 0. The van der Waals surface area contributed by atoms with Gasteiger partial charge in [-0.05, 0) is 83.5 Å². The van der Waals surface area contributed by atoms with Gasteiger partial charge in [0.05, 0.1) is 39.9 Å². The largest absolute Gasteiger partial charge is 0.756 e. The van der Waals surface area contributed by atoms with Crippen molar-refractivity contribution in [1.29, 1.82) is 0 Å². The summed E-state index contributed by atoms with van der Waals surface area (Å²) in [7, 11) is 1.28. The van der Waals surface area contributed by atoms with Crippen molar-refractivity contribution in [1.82, 2.24) is 5.32 Å². The van der Waals surface area contributed by atoms with Crippen molar-refractivity contribution in [2.24, 2.45) is 0 Å². The normalized spacial score (nSPS) is 14.9. The lowest BCUT2D eigenvalue weighted by atomic mass is 10.0. The van der Waals surface area contributed by atoms with Crippen molar-refractivity contribution in [2.75, 3.05) is 40.9 Å². The molecule has 67 heavy (non-hydrogen) atoms. The summed E-state index contributed by atoms with van der Waals surface area (Å²) in [4.78, 5) is 25.3. The lowest BCUT2D eigenvalue weighted by molar-refractivity contribution is -0.870. The van der Waals surface area contributed by atoms with Crippen LogP contribution in [0.3, 0.4) is 0 Å². The zero-order chi connectivity index (χ0) is 49.2. The van der Waals surface area contributed by atoms with Crippen molar-refractivity contribution in [3.05, 3.63) is 109 Å². The summed E-state index contributed by atoms with van der Waals surface area (Å²) in [6, 6.07) is -0.808. The fourth-order valence-corrected chi connectivity index (χ4v) is 7.81. The van der Waals surface area contributed by atoms with Crippen LogP contribution in [0.15, 0.2) is 109 Å². The molecule has 0 aliphatic heterocycles. The Balaban J connectivity index is 4.03. The summed E-state index contributed by atoms with van der Waals surface area (Å²) in [6.45, 7) is 4.54. The Morgan fingerprint density at radius 3 is 1.33 bits per heavy atom. The molecular formula is C58H101N2O6P. The standard InChI is InChI=1S/C58H101N2O6P/c1-6-8-10-12-14-16-17-18-19-20-21-22-23-24-25-26-27-28-29-30-31-32-33-34-35-36-37-38-39-40-41-42-43-44-46-48-50-52-58(62)59-56(55-66-67(63,64)65-54-53-60(3,4)5)57(61)51-49-47-45-15-13-11-9-7-2/h8,10,14,16,18-19,21-22,24-25,27-28,30-31,33-34,36-37,56-57,61H,6-7,9,11-13,15,17,20,23,26,29,32,35,38-55H2,1-5H3,(H-,59,62,63,64)/b10-8-,16-14-,19-18-,22-21-,25-24-,28-27-,31-30-,34-33-,37-36-. The molecule has 0 aliphatic rings. The van der Waals surface area contributed by atoms with Gasteiger partial charge in [-0.1, -0.05) is 220 Å². The first kappa shape index (κ1) is 64.2. The van der Waals surface area contributed by atoms with Gasteiger partial charge in [-0.3, -0.25) is 9.36 Å². The summed E-state index contributed by atoms with van der Waals surface area (Å²) in [5.74, 6) is -0.180. The van der Waals surface area contributed by atoms with Crippen LogP contribution in [0.4, 0.5) is 0 Å². The average Bonchev–Trinajstić information content (AvgIpc) is 3.29. The predicted octanol–water partition coefficient (Wildman–Crippen LogP) is 15.4. The van der Waals surface area contributed by atoms with Gasteiger partial charge in [-0.2, -0.15) is 0 Å². The molecule has 0 fully saturated rings. The van der Waals surface area contributed by atoms with Crippen LogP contribution in [0, 0.1) is 0 Å². The first-order chi connectivity index (χ1) is 32.5. The van der Waals surface area contributed by atoms with Crippen LogP contribution in [0.1, 0.15) is 200 Å². The van der Waals surface area contributed by atoms with Crippen molar-refractivity contribution in [2.45, 2.75) is 212 Å². The van der Waals surface area contributed by atoms with Crippen molar-refractivity contribution >= 4 is 13.7 Å². The van der Waals surface area contributed by atoms with E-state index in [9.17, 15) is 19.4 Å². The minimum atomic E-state index is -4.57. The van der Waals surface area contributed by atoms with Crippen molar-refractivity contribution < 1.29 is 32.9 Å². The van der Waals surface area contributed by atoms with E-state index in [0.717, 1.165) is 103 Å². The SMILES string of the molecule is CC/C=C\C/C=C\C/C=C\C/C=C\C/C=C\C/C=C\C/C=C\C/C=C\C/C=C\CCCCCCCCCCCC(=O)NC(COP(=O)([O-])OCC[N+](C)(C)C)C(O)CCCCCCCCCC. The van der Waals surface area contributed by atoms with Crippen LogP contribution in [-0.2, 0) is 18.4 Å². The fourth-order valence-electron chi connectivity index (χ4n) is 7.09. The van der Waals surface area contributed by atoms with Crippen LogP contribution in [0.5, 0.6) is 0 Å². The van der Waals surface area contributed by atoms with Crippen LogP contribution in [-0.4, -0.2) is 68.5 Å². The van der Waals surface area contributed by atoms with Crippen molar-refractivity contribution in [3.8, 4) is 0 Å². The molecule has 0 rings (SSSR count). The molecule has 0 aromatic carbocycles. The van der Waals surface area contributed by atoms with Crippen molar-refractivity contribution in [3.63, 3.8) is 0 Å². The van der Waals surface area contributed by atoms with Gasteiger partial charge in [0.2, 0.25) is 5.91 Å². The predicted molar refractivity (Wildman–Crippen MR) is 288 cm³/mol. The molecule has 384 valence electrons. The van der Waals surface area contributed by atoms with Gasteiger partial charge in [-0.15, -0.1) is 0 Å². The Morgan fingerprint density at radius 2 is 0.910 bits per heavy atom. The van der Waals surface area contributed by atoms with E-state index in [1.54, 1.807) is 0 Å². The lowest BCUT2D eigenvalue weighted by Crippen LogP contribution is -2.46. The number of phosphoric acid groups is 1. The molecule has 0 radical (unpaired) electrons. The second kappa shape index (κ2) is 48.2. The van der Waals surface area contributed by atoms with Gasteiger partial charge in [-0.25, -0.2) is 0 Å². The molecule has 3 unspecified atom stereocenters. The number of amides is 1. The monoisotopic (exact) mass is 953 g/mol. The maximum Gasteiger partial charge on any atom is 0.268 e. The molecular weight excluding hydrogens is 852 g/mol. The number of carbonyl (C=O) groups is 1. The van der Waals surface area contributed by atoms with Crippen LogP contribution >= 0.6 is 7.82 Å². The third-order valence-corrected chi connectivity index (χ3v) is 12.2. The number of phosphoric ester groups is 1. The second-order valence-corrected chi connectivity index (χ2v) is 20.3. The fraction of sp³-hybridized carbons (Fsp3) is 0.672. The number of carbonyl (C=O) groups excluding carboxylic acids is 1. The summed E-state index contributed by atoms with van der Waals surface area (Å²) in [5.41, 5.74) is 0. The molecule has 0 spiro atoms. The Bertz CT molecular complexity index is 1450. The summed E-state index contributed by atoms with van der Waals surface area (Å²) < 4.78 is 23.2. The number of likely N-dealkylation sites (N-methyl/N-ethyl adjacent to an activating group) is 1. The minimum absolute atomic E-state index is 0.00548. The molecule has 3 atom stereocenters. The number of allylic oxidation sites excluding steroid dienone is 18. The third-order valence-electron chi connectivity index (χ3n) is 11.3. The van der Waals surface area contributed by atoms with E-state index >= 15 is 0 Å². The number of aliphatic hydroxyl groups is 1. The van der Waals surface area contributed by atoms with Gasteiger partial charge >= 0.3 is 0 Å². The van der Waals surface area contributed by atoms with Gasteiger partial charge in [0.1, 0.15) is 13.2 Å². The zero-order valence-corrected chi connectivity index (χ0v) is 44.5. The van der Waals surface area contributed by atoms with Gasteiger partial charge in [0.15, 0.2) is 0 Å². The first-order valence-corrected chi connectivity index (χ1v) is 28.2. The summed E-state index contributed by atoms with van der Waals surface area (Å²) in [6.07, 6.45) is 69.9.